The Labute approximate surface area is 105 Å². The van der Waals surface area contributed by atoms with Crippen molar-refractivity contribution in [3.8, 4) is 0 Å². The van der Waals surface area contributed by atoms with E-state index in [1.54, 1.807) is 7.11 Å². The Kier molecular flexibility index (Phi) is 3.63. The monoisotopic (exact) mass is 255 g/mol. The van der Waals surface area contributed by atoms with Gasteiger partial charge in [0.05, 0.1) is 12.3 Å². The largest absolute Gasteiger partial charge is 0.383 e. The van der Waals surface area contributed by atoms with E-state index in [9.17, 15) is 4.79 Å². The lowest BCUT2D eigenvalue weighted by molar-refractivity contribution is 0.0684. The second-order valence-electron chi connectivity index (χ2n) is 4.19. The summed E-state index contributed by atoms with van der Waals surface area (Å²) in [6.45, 7) is 3.02. The van der Waals surface area contributed by atoms with Gasteiger partial charge in [0.2, 0.25) is 0 Å². The third-order valence-electron chi connectivity index (χ3n) is 2.79. The predicted molar refractivity (Wildman–Crippen MR) is 67.2 cm³/mol. The molecule has 1 aromatic rings. The number of thiazole rings is 1. The number of nitrogens with two attached hydrogens (primary N) is 1. The zero-order chi connectivity index (χ0) is 12.4. The van der Waals surface area contributed by atoms with Crippen LogP contribution >= 0.6 is 11.3 Å². The second-order valence-corrected chi connectivity index (χ2v) is 5.22. The van der Waals surface area contributed by atoms with Crippen molar-refractivity contribution in [3.05, 3.63) is 10.6 Å². The molecule has 1 fully saturated rings. The highest BCUT2D eigenvalue weighted by Crippen LogP contribution is 2.30. The molecule has 1 aliphatic carbocycles. The summed E-state index contributed by atoms with van der Waals surface area (Å²) >= 11 is 1.26. The number of hydrogen-bond acceptors (Lipinski definition) is 5. The maximum Gasteiger partial charge on any atom is 0.266 e. The van der Waals surface area contributed by atoms with Gasteiger partial charge >= 0.3 is 0 Å². The molecule has 0 saturated heterocycles. The molecule has 0 radical (unpaired) electrons. The van der Waals surface area contributed by atoms with E-state index in [4.69, 9.17) is 10.5 Å². The number of methoxy groups -OCH3 is 1. The molecule has 1 amide bonds. The van der Waals surface area contributed by atoms with Crippen molar-refractivity contribution < 1.29 is 9.53 Å². The Morgan fingerprint density at radius 3 is 2.82 bits per heavy atom. The lowest BCUT2D eigenvalue weighted by Gasteiger charge is -2.21. The molecule has 1 heterocycles. The van der Waals surface area contributed by atoms with E-state index < -0.39 is 0 Å². The lowest BCUT2D eigenvalue weighted by Crippen LogP contribution is -2.35. The number of anilines is 1. The zero-order valence-electron chi connectivity index (χ0n) is 10.1. The van der Waals surface area contributed by atoms with Gasteiger partial charge in [-0.1, -0.05) is 11.3 Å². The average molecular weight is 255 g/mol. The normalized spacial score (nSPS) is 14.9. The Bertz CT molecular complexity index is 415. The first-order chi connectivity index (χ1) is 8.13. The number of aromatic nitrogens is 1. The summed E-state index contributed by atoms with van der Waals surface area (Å²) < 4.78 is 5.04. The first-order valence-electron chi connectivity index (χ1n) is 5.66. The average Bonchev–Trinajstić information content (AvgIpc) is 3.05. The minimum Gasteiger partial charge on any atom is -0.383 e. The Hall–Kier alpha value is -1.14. The molecule has 1 aliphatic rings. The van der Waals surface area contributed by atoms with Gasteiger partial charge in [0.25, 0.3) is 5.91 Å². The van der Waals surface area contributed by atoms with Crippen LogP contribution in [-0.4, -0.2) is 42.1 Å². The van der Waals surface area contributed by atoms with E-state index in [-0.39, 0.29) is 5.91 Å². The first kappa shape index (κ1) is 12.3. The lowest BCUT2D eigenvalue weighted by atomic mass is 10.3. The summed E-state index contributed by atoms with van der Waals surface area (Å²) in [5.74, 6) is 0.0382. The maximum atomic E-state index is 12.4. The first-order valence-corrected chi connectivity index (χ1v) is 6.48. The number of ether oxygens (including phenoxy) is 1. The molecule has 5 nitrogen and oxygen atoms in total. The number of amides is 1. The van der Waals surface area contributed by atoms with Gasteiger partial charge in [-0.2, -0.15) is 0 Å². The topological polar surface area (TPSA) is 68.5 Å². The summed E-state index contributed by atoms with van der Waals surface area (Å²) in [7, 11) is 1.64. The van der Waals surface area contributed by atoms with Gasteiger partial charge in [-0.15, -0.1) is 0 Å². The summed E-state index contributed by atoms with van der Waals surface area (Å²) in [6.07, 6.45) is 2.17. The van der Waals surface area contributed by atoms with E-state index in [0.29, 0.717) is 29.2 Å². The van der Waals surface area contributed by atoms with Gasteiger partial charge in [-0.3, -0.25) is 4.79 Å². The van der Waals surface area contributed by atoms with Crippen LogP contribution in [-0.2, 0) is 4.74 Å². The summed E-state index contributed by atoms with van der Waals surface area (Å²) in [5.41, 5.74) is 6.34. The van der Waals surface area contributed by atoms with Gasteiger partial charge in [-0.05, 0) is 19.8 Å². The molecule has 17 heavy (non-hydrogen) atoms. The van der Waals surface area contributed by atoms with E-state index in [0.717, 1.165) is 18.5 Å². The van der Waals surface area contributed by atoms with Crippen molar-refractivity contribution in [2.24, 2.45) is 0 Å². The molecule has 1 saturated carbocycles. The molecule has 2 rings (SSSR count). The maximum absolute atomic E-state index is 12.4. The number of nitrogen functional groups attached to an aromatic ring is 1. The summed E-state index contributed by atoms with van der Waals surface area (Å²) in [4.78, 5) is 19.0. The summed E-state index contributed by atoms with van der Waals surface area (Å²) in [5, 5.41) is 0.452. The van der Waals surface area contributed by atoms with Crippen LogP contribution in [0.15, 0.2) is 0 Å². The zero-order valence-corrected chi connectivity index (χ0v) is 10.9. The quantitative estimate of drug-likeness (QED) is 0.860. The smallest absolute Gasteiger partial charge is 0.266 e. The molecule has 0 bridgehead atoms. The van der Waals surface area contributed by atoms with Gasteiger partial charge in [0, 0.05) is 19.7 Å². The number of hydrogen-bond donors (Lipinski definition) is 1. The van der Waals surface area contributed by atoms with Crippen molar-refractivity contribution >= 4 is 22.4 Å². The van der Waals surface area contributed by atoms with Crippen LogP contribution in [0, 0.1) is 6.92 Å². The highest BCUT2D eigenvalue weighted by Gasteiger charge is 2.34. The van der Waals surface area contributed by atoms with Crippen LogP contribution in [0.1, 0.15) is 28.2 Å². The Morgan fingerprint density at radius 1 is 1.65 bits per heavy atom. The van der Waals surface area contributed by atoms with Gasteiger partial charge < -0.3 is 15.4 Å². The van der Waals surface area contributed by atoms with Crippen LogP contribution in [0.25, 0.3) is 0 Å². The number of carbonyl (C=O) groups excluding carboxylic acids is 1. The standard InChI is InChI=1S/C11H17N3O2S/c1-7-9(17-11(12)13-7)10(15)14(5-6-16-2)8-3-4-8/h8H,3-6H2,1-2H3,(H2,12,13). The van der Waals surface area contributed by atoms with Gasteiger partial charge in [0.1, 0.15) is 4.88 Å². The third kappa shape index (κ3) is 2.76. The molecule has 0 unspecified atom stereocenters. The molecule has 6 heteroatoms. The summed E-state index contributed by atoms with van der Waals surface area (Å²) in [6, 6.07) is 0.375. The molecule has 0 aromatic carbocycles. The van der Waals surface area contributed by atoms with Crippen molar-refractivity contribution in [1.29, 1.82) is 0 Å². The second kappa shape index (κ2) is 5.01. The number of nitrogens with zero attached hydrogens (tertiary/aromatic N) is 2. The van der Waals surface area contributed by atoms with E-state index in [1.165, 1.54) is 11.3 Å². The number of rotatable bonds is 5. The van der Waals surface area contributed by atoms with Crippen molar-refractivity contribution in [1.82, 2.24) is 9.88 Å². The fourth-order valence-electron chi connectivity index (χ4n) is 1.77. The van der Waals surface area contributed by atoms with Gasteiger partial charge in [-0.25, -0.2) is 4.98 Å². The fraction of sp³-hybridized carbons (Fsp3) is 0.636. The molecule has 0 spiro atoms. The fourth-order valence-corrected chi connectivity index (χ4v) is 2.56. The Morgan fingerprint density at radius 2 is 2.35 bits per heavy atom. The van der Waals surface area contributed by atoms with Crippen LogP contribution in [0.5, 0.6) is 0 Å². The molecule has 2 N–H and O–H groups in total. The highest BCUT2D eigenvalue weighted by molar-refractivity contribution is 7.17. The van der Waals surface area contributed by atoms with Crippen molar-refractivity contribution in [3.63, 3.8) is 0 Å². The van der Waals surface area contributed by atoms with E-state index >= 15 is 0 Å². The van der Waals surface area contributed by atoms with E-state index in [1.807, 2.05) is 11.8 Å². The minimum atomic E-state index is 0.0382. The van der Waals surface area contributed by atoms with Crippen LogP contribution in [0.4, 0.5) is 5.13 Å². The molecular weight excluding hydrogens is 238 g/mol. The predicted octanol–water partition coefficient (Wildman–Crippen LogP) is 1.28. The molecule has 94 valence electrons. The van der Waals surface area contributed by atoms with Crippen LogP contribution < -0.4 is 5.73 Å². The molecule has 0 atom stereocenters. The van der Waals surface area contributed by atoms with Crippen LogP contribution in [0.2, 0.25) is 0 Å². The van der Waals surface area contributed by atoms with Crippen LogP contribution in [0.3, 0.4) is 0 Å². The minimum absolute atomic E-state index is 0.0382. The molecular formula is C11H17N3O2S. The number of carbonyl (C=O) groups is 1. The molecule has 0 aliphatic heterocycles. The Balaban J connectivity index is 2.12. The van der Waals surface area contributed by atoms with Crippen molar-refractivity contribution in [2.75, 3.05) is 26.0 Å². The van der Waals surface area contributed by atoms with E-state index in [2.05, 4.69) is 4.98 Å². The van der Waals surface area contributed by atoms with Crippen molar-refractivity contribution in [2.45, 2.75) is 25.8 Å². The third-order valence-corrected chi connectivity index (χ3v) is 3.77. The van der Waals surface area contributed by atoms with Gasteiger partial charge in [0.15, 0.2) is 5.13 Å². The molecule has 1 aromatic heterocycles. The number of aryl methyl sites for hydroxylation is 1. The SMILES string of the molecule is COCCN(C(=O)c1sc(N)nc1C)C1CC1. The highest BCUT2D eigenvalue weighted by atomic mass is 32.1.